The molecule has 0 radical (unpaired) electrons. The Morgan fingerprint density at radius 3 is 2.27 bits per heavy atom. The maximum Gasteiger partial charge on any atom is 0.327 e. The van der Waals surface area contributed by atoms with Crippen molar-refractivity contribution in [2.75, 3.05) is 0 Å². The van der Waals surface area contributed by atoms with Crippen LogP contribution in [-0.2, 0) is 9.53 Å². The summed E-state index contributed by atoms with van der Waals surface area (Å²) in [5, 5.41) is 8.10. The van der Waals surface area contributed by atoms with Crippen LogP contribution in [0, 0.1) is 16.9 Å². The zero-order valence-corrected chi connectivity index (χ0v) is 7.18. The van der Waals surface area contributed by atoms with Crippen molar-refractivity contribution < 1.29 is 9.53 Å². The van der Waals surface area contributed by atoms with Crippen molar-refractivity contribution in [1.82, 2.24) is 0 Å². The first-order valence-corrected chi connectivity index (χ1v) is 3.71. The van der Waals surface area contributed by atoms with Gasteiger partial charge >= 0.3 is 5.97 Å². The Kier molecular flexibility index (Phi) is 3.59. The van der Waals surface area contributed by atoms with E-state index in [1.165, 1.54) is 6.26 Å². The van der Waals surface area contributed by atoms with Gasteiger partial charge in [0.25, 0.3) is 6.26 Å². The minimum absolute atomic E-state index is 0.426. The van der Waals surface area contributed by atoms with Gasteiger partial charge in [-0.25, -0.2) is 0 Å². The third-order valence-corrected chi connectivity index (χ3v) is 2.19. The monoisotopic (exact) mass is 155 g/mol. The van der Waals surface area contributed by atoms with Crippen molar-refractivity contribution >= 4 is 5.97 Å². The number of carbonyl (C=O) groups is 1. The molecule has 3 nitrogen and oxygen atoms in total. The second-order valence-electron chi connectivity index (χ2n) is 2.75. The molecule has 0 aliphatic carbocycles. The summed E-state index contributed by atoms with van der Waals surface area (Å²) >= 11 is 0. The molecule has 0 unspecified atom stereocenters. The molecule has 0 aliphatic heterocycles. The van der Waals surface area contributed by atoms with E-state index < -0.39 is 11.4 Å². The molecule has 0 N–H and O–H groups in total. The Balaban J connectivity index is 4.27. The van der Waals surface area contributed by atoms with Crippen LogP contribution < -0.4 is 0 Å². The Bertz CT molecular complexity index is 177. The predicted octanol–water partition coefficient (Wildman–Crippen LogP) is 1.84. The first-order valence-electron chi connectivity index (χ1n) is 3.71. The van der Waals surface area contributed by atoms with Crippen molar-refractivity contribution in [3.63, 3.8) is 0 Å². The van der Waals surface area contributed by atoms with Gasteiger partial charge in [0.2, 0.25) is 0 Å². The molecule has 3 heteroatoms. The molecule has 11 heavy (non-hydrogen) atoms. The fraction of sp³-hybridized carbons (Fsp3) is 0.750. The lowest BCUT2D eigenvalue weighted by atomic mass is 9.85. The van der Waals surface area contributed by atoms with Crippen molar-refractivity contribution in [3.8, 4) is 6.26 Å². The maximum atomic E-state index is 11.1. The molecule has 0 heterocycles. The van der Waals surface area contributed by atoms with E-state index in [1.54, 1.807) is 6.92 Å². The minimum atomic E-state index is -0.490. The third-order valence-electron chi connectivity index (χ3n) is 2.19. The van der Waals surface area contributed by atoms with E-state index >= 15 is 0 Å². The highest BCUT2D eigenvalue weighted by molar-refractivity contribution is 5.76. The lowest BCUT2D eigenvalue weighted by Crippen LogP contribution is -2.27. The van der Waals surface area contributed by atoms with E-state index in [0.29, 0.717) is 12.8 Å². The molecule has 0 aliphatic rings. The summed E-state index contributed by atoms with van der Waals surface area (Å²) in [6.07, 6.45) is 2.79. The topological polar surface area (TPSA) is 50.1 Å². The molecule has 0 bridgehead atoms. The van der Waals surface area contributed by atoms with Gasteiger partial charge in [-0.1, -0.05) is 13.8 Å². The Hall–Kier alpha value is -1.04. The summed E-state index contributed by atoms with van der Waals surface area (Å²) < 4.78 is 4.26. The average molecular weight is 155 g/mol. The normalized spacial score (nSPS) is 10.4. The number of carbonyl (C=O) groups excluding carboxylic acids is 1. The number of nitrogens with zero attached hydrogens (tertiary/aromatic N) is 1. The SMILES string of the molecule is CCC(C)(CC)C(=O)OC#N. The van der Waals surface area contributed by atoms with Crippen molar-refractivity contribution in [2.24, 2.45) is 5.41 Å². The third kappa shape index (κ3) is 2.23. The zero-order valence-electron chi connectivity index (χ0n) is 7.18. The van der Waals surface area contributed by atoms with Crippen LogP contribution in [-0.4, -0.2) is 5.97 Å². The lowest BCUT2D eigenvalue weighted by molar-refractivity contribution is -0.148. The number of ether oxygens (including phenoxy) is 1. The van der Waals surface area contributed by atoms with Crippen molar-refractivity contribution in [1.29, 1.82) is 5.26 Å². The van der Waals surface area contributed by atoms with Crippen LogP contribution in [0.25, 0.3) is 0 Å². The Morgan fingerprint density at radius 2 is 2.00 bits per heavy atom. The molecule has 0 saturated heterocycles. The number of esters is 1. The van der Waals surface area contributed by atoms with Crippen molar-refractivity contribution in [3.05, 3.63) is 0 Å². The first kappa shape index (κ1) is 9.96. The minimum Gasteiger partial charge on any atom is -0.351 e. The van der Waals surface area contributed by atoms with Crippen LogP contribution in [0.5, 0.6) is 0 Å². The highest BCUT2D eigenvalue weighted by atomic mass is 16.5. The molecule has 0 saturated carbocycles. The maximum absolute atomic E-state index is 11.1. The summed E-state index contributed by atoms with van der Waals surface area (Å²) in [5.41, 5.74) is -0.490. The molecule has 0 aromatic carbocycles. The van der Waals surface area contributed by atoms with Gasteiger partial charge in [-0.2, -0.15) is 0 Å². The highest BCUT2D eigenvalue weighted by Crippen LogP contribution is 2.26. The van der Waals surface area contributed by atoms with E-state index in [1.807, 2.05) is 13.8 Å². The molecule has 0 spiro atoms. The molecular formula is C8H13NO2. The Labute approximate surface area is 67.0 Å². The number of rotatable bonds is 3. The highest BCUT2D eigenvalue weighted by Gasteiger charge is 2.31. The van der Waals surface area contributed by atoms with E-state index in [2.05, 4.69) is 4.74 Å². The zero-order chi connectivity index (χ0) is 8.91. The van der Waals surface area contributed by atoms with E-state index in [-0.39, 0.29) is 0 Å². The summed E-state index contributed by atoms with van der Waals surface area (Å²) in [4.78, 5) is 11.1. The van der Waals surface area contributed by atoms with E-state index in [0.717, 1.165) is 0 Å². The smallest absolute Gasteiger partial charge is 0.327 e. The molecule has 0 aromatic heterocycles. The number of hydrogen-bond acceptors (Lipinski definition) is 3. The fourth-order valence-electron chi connectivity index (χ4n) is 0.703. The predicted molar refractivity (Wildman–Crippen MR) is 40.4 cm³/mol. The van der Waals surface area contributed by atoms with Gasteiger partial charge in [0, 0.05) is 0 Å². The van der Waals surface area contributed by atoms with Crippen LogP contribution in [0.3, 0.4) is 0 Å². The van der Waals surface area contributed by atoms with Gasteiger partial charge in [-0.05, 0) is 19.8 Å². The van der Waals surface area contributed by atoms with Gasteiger partial charge < -0.3 is 4.74 Å². The van der Waals surface area contributed by atoms with Crippen LogP contribution in [0.15, 0.2) is 0 Å². The molecule has 0 amide bonds. The largest absolute Gasteiger partial charge is 0.351 e. The number of nitriles is 1. The van der Waals surface area contributed by atoms with E-state index in [9.17, 15) is 4.79 Å². The van der Waals surface area contributed by atoms with E-state index in [4.69, 9.17) is 5.26 Å². The average Bonchev–Trinajstić information content (AvgIpc) is 2.03. The quantitative estimate of drug-likeness (QED) is 0.461. The van der Waals surface area contributed by atoms with Crippen LogP contribution in [0.2, 0.25) is 0 Å². The molecule has 0 atom stereocenters. The fourth-order valence-corrected chi connectivity index (χ4v) is 0.703. The summed E-state index contributed by atoms with van der Waals surface area (Å²) in [6, 6.07) is 0. The van der Waals surface area contributed by atoms with Gasteiger partial charge in [-0.15, -0.1) is 5.26 Å². The van der Waals surface area contributed by atoms with Crippen LogP contribution in [0.4, 0.5) is 0 Å². The van der Waals surface area contributed by atoms with Gasteiger partial charge in [0.1, 0.15) is 0 Å². The summed E-state index contributed by atoms with van der Waals surface area (Å²) in [7, 11) is 0. The van der Waals surface area contributed by atoms with Gasteiger partial charge in [-0.3, -0.25) is 4.79 Å². The second-order valence-corrected chi connectivity index (χ2v) is 2.75. The van der Waals surface area contributed by atoms with Crippen molar-refractivity contribution in [2.45, 2.75) is 33.6 Å². The molecule has 0 rings (SSSR count). The lowest BCUT2D eigenvalue weighted by Gasteiger charge is -2.21. The number of hydrogen-bond donors (Lipinski definition) is 0. The van der Waals surface area contributed by atoms with Crippen LogP contribution >= 0.6 is 0 Å². The summed E-state index contributed by atoms with van der Waals surface area (Å²) in [5.74, 6) is -0.426. The van der Waals surface area contributed by atoms with Crippen LogP contribution in [0.1, 0.15) is 33.6 Å². The molecule has 0 aromatic rings. The molecule has 62 valence electrons. The van der Waals surface area contributed by atoms with Gasteiger partial charge in [0.15, 0.2) is 0 Å². The van der Waals surface area contributed by atoms with Gasteiger partial charge in [0.05, 0.1) is 5.41 Å². The molecule has 0 fully saturated rings. The standard InChI is InChI=1S/C8H13NO2/c1-4-8(3,5-2)7(10)11-6-9/h4-5H2,1-3H3. The molecular weight excluding hydrogens is 142 g/mol. The first-order chi connectivity index (χ1) is 5.10. The second kappa shape index (κ2) is 3.97. The summed E-state index contributed by atoms with van der Waals surface area (Å²) in [6.45, 7) is 5.61. The Morgan fingerprint density at radius 1 is 1.55 bits per heavy atom.